The van der Waals surface area contributed by atoms with Gasteiger partial charge in [0.25, 0.3) is 0 Å². The van der Waals surface area contributed by atoms with Crippen molar-refractivity contribution in [3.05, 3.63) is 24.3 Å². The van der Waals surface area contributed by atoms with Gasteiger partial charge in [-0.25, -0.2) is 4.79 Å². The van der Waals surface area contributed by atoms with Crippen LogP contribution in [0, 0.1) is 0 Å². The second-order valence-corrected chi connectivity index (χ2v) is 6.11. The van der Waals surface area contributed by atoms with Crippen LogP contribution in [0.4, 0.5) is 23.7 Å². The Labute approximate surface area is 119 Å². The van der Waals surface area contributed by atoms with Gasteiger partial charge in [0.05, 0.1) is 5.75 Å². The van der Waals surface area contributed by atoms with Crippen molar-refractivity contribution < 1.29 is 22.7 Å². The van der Waals surface area contributed by atoms with Gasteiger partial charge in [-0.1, -0.05) is 6.07 Å². The molecular weight excluding hydrogens is 291 g/mol. The third kappa shape index (κ3) is 7.28. The number of ether oxygens (including phenoxy) is 1. The van der Waals surface area contributed by atoms with Crippen molar-refractivity contribution in [2.75, 3.05) is 11.1 Å². The number of alkyl halides is 3. The lowest BCUT2D eigenvalue weighted by Gasteiger charge is -2.19. The zero-order valence-electron chi connectivity index (χ0n) is 11.4. The maximum atomic E-state index is 12.1. The van der Waals surface area contributed by atoms with Gasteiger partial charge in [-0.3, -0.25) is 5.32 Å². The molecule has 0 atom stereocenters. The molecule has 7 heteroatoms. The number of thioether (sulfide) groups is 1. The second-order valence-electron chi connectivity index (χ2n) is 5.06. The minimum absolute atomic E-state index is 0.395. The van der Waals surface area contributed by atoms with Crippen molar-refractivity contribution in [3.8, 4) is 0 Å². The first kappa shape index (κ1) is 16.7. The lowest BCUT2D eigenvalue weighted by atomic mass is 10.2. The molecule has 1 N–H and O–H groups in total. The topological polar surface area (TPSA) is 38.3 Å². The second kappa shape index (κ2) is 6.39. The van der Waals surface area contributed by atoms with Crippen LogP contribution in [0.25, 0.3) is 0 Å². The summed E-state index contributed by atoms with van der Waals surface area (Å²) in [5, 5.41) is 2.48. The van der Waals surface area contributed by atoms with Crippen LogP contribution in [0.2, 0.25) is 0 Å². The molecule has 0 saturated heterocycles. The average molecular weight is 307 g/mol. The molecule has 20 heavy (non-hydrogen) atoms. The number of rotatable bonds is 3. The fraction of sp³-hybridized carbons (Fsp3) is 0.462. The summed E-state index contributed by atoms with van der Waals surface area (Å²) in [7, 11) is 0. The van der Waals surface area contributed by atoms with Gasteiger partial charge in [0.1, 0.15) is 5.60 Å². The number of halogens is 3. The number of carbonyl (C=O) groups excluding carboxylic acids is 1. The highest BCUT2D eigenvalue weighted by atomic mass is 32.2. The van der Waals surface area contributed by atoms with E-state index in [0.717, 1.165) is 0 Å². The van der Waals surface area contributed by atoms with Crippen molar-refractivity contribution in [1.82, 2.24) is 0 Å². The number of amides is 1. The fourth-order valence-corrected chi connectivity index (χ4v) is 1.97. The van der Waals surface area contributed by atoms with Crippen LogP contribution in [0.15, 0.2) is 29.2 Å². The summed E-state index contributed by atoms with van der Waals surface area (Å²) in [6.45, 7) is 5.17. The molecule has 1 aromatic rings. The minimum Gasteiger partial charge on any atom is -0.444 e. The van der Waals surface area contributed by atoms with Crippen LogP contribution in [0.3, 0.4) is 0 Å². The summed E-state index contributed by atoms with van der Waals surface area (Å²) in [6.07, 6.45) is -4.87. The van der Waals surface area contributed by atoms with Gasteiger partial charge in [-0.05, 0) is 39.0 Å². The van der Waals surface area contributed by atoms with Crippen molar-refractivity contribution in [2.45, 2.75) is 37.4 Å². The quantitative estimate of drug-likeness (QED) is 0.823. The standard InChI is InChI=1S/C13H16F3NO2S/c1-12(2,3)19-11(18)17-9-5-4-6-10(7-9)20-8-13(14,15)16/h4-7H,8H2,1-3H3,(H,17,18). The molecule has 0 fully saturated rings. The Hall–Kier alpha value is -1.37. The Morgan fingerprint density at radius 1 is 1.30 bits per heavy atom. The van der Waals surface area contributed by atoms with E-state index < -0.39 is 23.6 Å². The van der Waals surface area contributed by atoms with Crippen molar-refractivity contribution >= 4 is 23.5 Å². The lowest BCUT2D eigenvalue weighted by Crippen LogP contribution is -2.27. The molecule has 0 heterocycles. The maximum absolute atomic E-state index is 12.1. The molecule has 0 unspecified atom stereocenters. The smallest absolute Gasteiger partial charge is 0.412 e. The molecule has 0 aliphatic carbocycles. The van der Waals surface area contributed by atoms with Crippen LogP contribution in [-0.4, -0.2) is 23.6 Å². The van der Waals surface area contributed by atoms with Crippen LogP contribution < -0.4 is 5.32 Å². The van der Waals surface area contributed by atoms with Crippen molar-refractivity contribution in [2.24, 2.45) is 0 Å². The third-order valence-corrected chi connectivity index (χ3v) is 2.94. The van der Waals surface area contributed by atoms with Crippen LogP contribution >= 0.6 is 11.8 Å². The SMILES string of the molecule is CC(C)(C)OC(=O)Nc1cccc(SCC(F)(F)F)c1. The molecule has 3 nitrogen and oxygen atoms in total. The number of benzene rings is 1. The van der Waals surface area contributed by atoms with Gasteiger partial charge >= 0.3 is 12.3 Å². The highest BCUT2D eigenvalue weighted by Crippen LogP contribution is 2.28. The molecule has 0 aromatic heterocycles. The zero-order chi connectivity index (χ0) is 15.4. The molecule has 1 aromatic carbocycles. The minimum atomic E-state index is -4.22. The predicted molar refractivity (Wildman–Crippen MR) is 73.1 cm³/mol. The van der Waals surface area contributed by atoms with Gasteiger partial charge in [0.2, 0.25) is 0 Å². The van der Waals surface area contributed by atoms with Crippen LogP contribution in [0.1, 0.15) is 20.8 Å². The monoisotopic (exact) mass is 307 g/mol. The highest BCUT2D eigenvalue weighted by Gasteiger charge is 2.27. The summed E-state index contributed by atoms with van der Waals surface area (Å²) in [5.41, 5.74) is -0.237. The van der Waals surface area contributed by atoms with Crippen molar-refractivity contribution in [3.63, 3.8) is 0 Å². The predicted octanol–water partition coefficient (Wildman–Crippen LogP) is 4.69. The number of nitrogens with one attached hydrogen (secondary N) is 1. The van der Waals surface area contributed by atoms with E-state index in [1.165, 1.54) is 6.07 Å². The molecule has 0 bridgehead atoms. The summed E-state index contributed by atoms with van der Waals surface area (Å²) < 4.78 is 41.4. The third-order valence-electron chi connectivity index (χ3n) is 1.88. The van der Waals surface area contributed by atoms with E-state index in [1.54, 1.807) is 39.0 Å². The molecule has 0 aliphatic heterocycles. The Morgan fingerprint density at radius 2 is 1.95 bits per heavy atom. The Morgan fingerprint density at radius 3 is 2.50 bits per heavy atom. The largest absolute Gasteiger partial charge is 0.444 e. The Balaban J connectivity index is 2.62. The lowest BCUT2D eigenvalue weighted by molar-refractivity contribution is -0.105. The van der Waals surface area contributed by atoms with Gasteiger partial charge in [0.15, 0.2) is 0 Å². The van der Waals surface area contributed by atoms with E-state index in [9.17, 15) is 18.0 Å². The molecule has 0 saturated carbocycles. The first-order valence-corrected chi connectivity index (χ1v) is 6.83. The molecule has 112 valence electrons. The summed E-state index contributed by atoms with van der Waals surface area (Å²) in [6, 6.07) is 6.18. The fourth-order valence-electron chi connectivity index (χ4n) is 1.25. The molecule has 0 spiro atoms. The number of hydrogen-bond acceptors (Lipinski definition) is 3. The maximum Gasteiger partial charge on any atom is 0.412 e. The molecular formula is C13H16F3NO2S. The summed E-state index contributed by atoms with van der Waals surface area (Å²) in [5.74, 6) is -0.969. The molecule has 1 amide bonds. The Bertz CT molecular complexity index is 469. The van der Waals surface area contributed by atoms with Gasteiger partial charge in [-0.15, -0.1) is 11.8 Å². The zero-order valence-corrected chi connectivity index (χ0v) is 12.2. The van der Waals surface area contributed by atoms with Gasteiger partial charge in [0, 0.05) is 10.6 Å². The van der Waals surface area contributed by atoms with Gasteiger partial charge < -0.3 is 4.74 Å². The summed E-state index contributed by atoms with van der Waals surface area (Å²) in [4.78, 5) is 12.0. The summed E-state index contributed by atoms with van der Waals surface area (Å²) >= 11 is 0.665. The number of carbonyl (C=O) groups is 1. The van der Waals surface area contributed by atoms with E-state index in [-0.39, 0.29) is 0 Å². The Kier molecular flexibility index (Phi) is 5.33. The number of hydrogen-bond donors (Lipinski definition) is 1. The van der Waals surface area contributed by atoms with E-state index in [2.05, 4.69) is 5.32 Å². The molecule has 1 rings (SSSR count). The van der Waals surface area contributed by atoms with E-state index in [1.807, 2.05) is 0 Å². The normalized spacial score (nSPS) is 12.1. The van der Waals surface area contributed by atoms with Crippen LogP contribution in [-0.2, 0) is 4.74 Å². The van der Waals surface area contributed by atoms with E-state index >= 15 is 0 Å². The van der Waals surface area contributed by atoms with Gasteiger partial charge in [-0.2, -0.15) is 13.2 Å². The van der Waals surface area contributed by atoms with Crippen molar-refractivity contribution in [1.29, 1.82) is 0 Å². The van der Waals surface area contributed by atoms with E-state index in [0.29, 0.717) is 22.3 Å². The highest BCUT2D eigenvalue weighted by molar-refractivity contribution is 7.99. The van der Waals surface area contributed by atoms with E-state index in [4.69, 9.17) is 4.74 Å². The first-order chi connectivity index (χ1) is 9.05. The molecule has 0 radical (unpaired) electrons. The molecule has 0 aliphatic rings. The average Bonchev–Trinajstić information content (AvgIpc) is 2.23. The number of anilines is 1. The first-order valence-electron chi connectivity index (χ1n) is 5.85. The van der Waals surface area contributed by atoms with Crippen LogP contribution in [0.5, 0.6) is 0 Å².